The zero-order chi connectivity index (χ0) is 60.8. The maximum absolute atomic E-state index is 8.94. The van der Waals surface area contributed by atoms with Crippen LogP contribution in [0.25, 0.3) is 122 Å². The van der Waals surface area contributed by atoms with Gasteiger partial charge >= 0.3 is 0 Å². The van der Waals surface area contributed by atoms with Crippen molar-refractivity contribution >= 4 is 54.6 Å². The van der Waals surface area contributed by atoms with Gasteiger partial charge in [0.05, 0.1) is 33.4 Å². The molecule has 0 amide bonds. The molecule has 0 atom stereocenters. The summed E-state index contributed by atoms with van der Waals surface area (Å²) in [7, 11) is 0. The predicted octanol–water partition coefficient (Wildman–Crippen LogP) is 18.9. The number of hydrogen-bond acceptors (Lipinski definition) is 2. The van der Waals surface area contributed by atoms with Gasteiger partial charge in [-0.3, -0.25) is 4.57 Å². The summed E-state index contributed by atoms with van der Waals surface area (Å²) in [5.41, 5.74) is 15.3. The van der Waals surface area contributed by atoms with Crippen LogP contribution in [0.3, 0.4) is 0 Å². The number of imidazole rings is 1. The van der Waals surface area contributed by atoms with E-state index < -0.39 is 13.7 Å². The first-order valence-electron chi connectivity index (χ1n) is 30.9. The van der Waals surface area contributed by atoms with E-state index >= 15 is 0 Å². The second-order valence-electron chi connectivity index (χ2n) is 23.6. The minimum atomic E-state index is -2.68. The number of benzene rings is 10. The van der Waals surface area contributed by atoms with Crippen molar-refractivity contribution in [2.24, 2.45) is 0 Å². The molecule has 1 aliphatic rings. The number of hydrogen-bond donors (Lipinski definition) is 0. The van der Waals surface area contributed by atoms with Crippen LogP contribution in [0.4, 0.5) is 0 Å². The number of aromatic nitrogens is 5. The fraction of sp³-hybridized carbons (Fsp3) is 0.132. The normalized spacial score (nSPS) is 13.6. The fourth-order valence-corrected chi connectivity index (χ4v) is 12.5. The van der Waals surface area contributed by atoms with E-state index in [1.54, 1.807) is 0 Å². The number of pyridine rings is 1. The third-order valence-corrected chi connectivity index (χ3v) is 16.4. The summed E-state index contributed by atoms with van der Waals surface area (Å²) in [6, 6.07) is 76.6. The summed E-state index contributed by atoms with van der Waals surface area (Å²) in [6.07, 6.45) is 5.82. The van der Waals surface area contributed by atoms with E-state index in [2.05, 4.69) is 201 Å². The Labute approximate surface area is 507 Å². The van der Waals surface area contributed by atoms with Crippen LogP contribution in [0.15, 0.2) is 212 Å². The molecule has 83 heavy (non-hydrogen) atoms. The number of nitrogens with zero attached hydrogens (tertiary/aromatic N) is 5. The van der Waals surface area contributed by atoms with Gasteiger partial charge in [0.2, 0.25) is 0 Å². The molecule has 0 saturated carbocycles. The summed E-state index contributed by atoms with van der Waals surface area (Å²) in [5.74, 6) is 1.65. The zero-order valence-electron chi connectivity index (χ0n) is 52.7. The van der Waals surface area contributed by atoms with Gasteiger partial charge in [-0.05, 0) is 145 Å². The summed E-state index contributed by atoms with van der Waals surface area (Å²) >= 11 is 0. The summed E-state index contributed by atoms with van der Waals surface area (Å²) < 4.78 is 69.2. The quantitative estimate of drug-likeness (QED) is 0.123. The van der Waals surface area contributed by atoms with Gasteiger partial charge in [-0.15, -0.1) is 29.7 Å². The van der Waals surface area contributed by atoms with E-state index in [-0.39, 0.29) is 48.6 Å². The molecule has 0 aliphatic carbocycles. The topological polar surface area (TPSA) is 40.8 Å². The largest absolute Gasteiger partial charge is 0.510 e. The number of fused-ring (bicyclic) bond motifs is 13. The second-order valence-corrected chi connectivity index (χ2v) is 23.6. The van der Waals surface area contributed by atoms with E-state index in [1.165, 1.54) is 18.2 Å². The van der Waals surface area contributed by atoms with Crippen molar-refractivity contribution in [3.8, 4) is 78.9 Å². The van der Waals surface area contributed by atoms with Gasteiger partial charge in [0.25, 0.3) is 6.33 Å². The molecule has 0 saturated heterocycles. The van der Waals surface area contributed by atoms with Crippen molar-refractivity contribution in [3.05, 3.63) is 253 Å². The molecule has 406 valence electrons. The van der Waals surface area contributed by atoms with Gasteiger partial charge in [0, 0.05) is 63.3 Å². The number of aryl methyl sites for hydroxylation is 2. The summed E-state index contributed by atoms with van der Waals surface area (Å²) in [6.45, 7) is 7.98. The smallest absolute Gasteiger partial charge is 0.268 e. The Morgan fingerprint density at radius 2 is 1.05 bits per heavy atom. The standard InChI is InChI=1S/C76H59N5O.Pt/c1-47-21-19-22-48(2)72(47)49-39-63-57-27-11-9-25-55(57)56-26-10-12-28-58(56)64-41-51(76(6,7)8)42-70(80-65-32-16-13-29-59(65)60-30-14-17-33-66(60)80)74(64)79-46-78(69(40-49)73(63)79)52-23-20-24-53(44-52)82-54-35-36-62-61-31-15-18-34-67(61)81(68(62)45-54)71-43-50(37-38-77-71)75(3,4)5;/h9-43H,1-8H3;/q-2;/i1D3,2D3;. The van der Waals surface area contributed by atoms with Gasteiger partial charge in [-0.25, -0.2) is 4.98 Å². The van der Waals surface area contributed by atoms with E-state index in [0.29, 0.717) is 28.3 Å². The number of ether oxygens (including phenoxy) is 1. The van der Waals surface area contributed by atoms with Crippen LogP contribution in [0, 0.1) is 32.2 Å². The van der Waals surface area contributed by atoms with Crippen LogP contribution >= 0.6 is 0 Å². The van der Waals surface area contributed by atoms with Crippen molar-refractivity contribution in [2.45, 2.75) is 66.1 Å². The third-order valence-electron chi connectivity index (χ3n) is 16.4. The molecule has 6 nitrogen and oxygen atoms in total. The molecule has 0 radical (unpaired) electrons. The molecule has 7 heteroatoms. The van der Waals surface area contributed by atoms with Crippen LogP contribution in [-0.2, 0) is 31.9 Å². The molecular weight excluding hydrogens is 1190 g/mol. The van der Waals surface area contributed by atoms with Gasteiger partial charge in [-0.2, -0.15) is 18.2 Å². The van der Waals surface area contributed by atoms with Gasteiger partial charge in [0.15, 0.2) is 0 Å². The Hall–Kier alpha value is -9.09. The average Bonchev–Trinajstić information content (AvgIpc) is 1.63. The van der Waals surface area contributed by atoms with Crippen LogP contribution in [0.1, 0.15) is 72.0 Å². The fourth-order valence-electron chi connectivity index (χ4n) is 12.5. The van der Waals surface area contributed by atoms with Crippen molar-refractivity contribution in [3.63, 3.8) is 0 Å². The molecule has 1 aliphatic heterocycles. The third kappa shape index (κ3) is 8.40. The molecule has 0 unspecified atom stereocenters. The SMILES string of the molecule is [2H]C([2H])([2H])c1cccc(C([2H])([2H])[2H])c1-c1cc2c3c(c1)n(-c1[c-]c(Oc4[c-]c5c(cc4)c4ccccc4n5-c4cc(C(C)(C)C)ccn4)ccc1)[c-][n+]3-c1c(cc(C(C)(C)C)cc1-n1c3ccccc3c3ccccc31)-c1ccccc1-c1ccccc1-2.[Pt]. The molecule has 15 rings (SSSR count). The minimum Gasteiger partial charge on any atom is -0.510 e. The molecule has 0 N–H and O–H groups in total. The first-order valence-corrected chi connectivity index (χ1v) is 27.9. The second kappa shape index (κ2) is 19.5. The monoisotopic (exact) mass is 1260 g/mol. The van der Waals surface area contributed by atoms with Gasteiger partial charge < -0.3 is 18.4 Å². The van der Waals surface area contributed by atoms with Crippen molar-refractivity contribution in [2.75, 3.05) is 0 Å². The van der Waals surface area contributed by atoms with E-state index in [0.717, 1.165) is 111 Å². The molecule has 0 bridgehead atoms. The molecule has 0 spiro atoms. The van der Waals surface area contributed by atoms with E-state index in [9.17, 15) is 0 Å². The summed E-state index contributed by atoms with van der Waals surface area (Å²) in [5, 5.41) is 4.29. The Morgan fingerprint density at radius 3 is 1.69 bits per heavy atom. The van der Waals surface area contributed by atoms with Crippen LogP contribution in [0.2, 0.25) is 0 Å². The Bertz CT molecular complexity index is 5120. The molecule has 4 aromatic heterocycles. The first-order chi connectivity index (χ1) is 42.2. The van der Waals surface area contributed by atoms with Crippen molar-refractivity contribution in [1.29, 1.82) is 0 Å². The van der Waals surface area contributed by atoms with E-state index in [1.807, 2.05) is 71.4 Å². The first kappa shape index (κ1) is 45.5. The zero-order valence-corrected chi connectivity index (χ0v) is 48.9. The molecule has 14 aromatic rings. The molecule has 10 aromatic carbocycles. The minimum absolute atomic E-state index is 0. The predicted molar refractivity (Wildman–Crippen MR) is 336 cm³/mol. The van der Waals surface area contributed by atoms with Crippen LogP contribution in [0.5, 0.6) is 11.5 Å². The maximum Gasteiger partial charge on any atom is 0.268 e. The molecule has 5 heterocycles. The number of para-hydroxylation sites is 3. The van der Waals surface area contributed by atoms with Crippen molar-refractivity contribution < 1.29 is 38.6 Å². The van der Waals surface area contributed by atoms with E-state index in [4.69, 9.17) is 17.9 Å². The Morgan fingerprint density at radius 1 is 0.482 bits per heavy atom. The maximum atomic E-state index is 8.94. The molecular formula is C76H59N5OPt-2. The van der Waals surface area contributed by atoms with Crippen LogP contribution in [-0.4, -0.2) is 18.7 Å². The molecule has 0 fully saturated rings. The van der Waals surface area contributed by atoms with Gasteiger partial charge in [-0.1, -0.05) is 181 Å². The Balaban J connectivity index is 0.00000694. The average molecular weight is 1260 g/mol. The van der Waals surface area contributed by atoms with Crippen molar-refractivity contribution in [1.82, 2.24) is 18.7 Å². The van der Waals surface area contributed by atoms with Crippen LogP contribution < -0.4 is 9.30 Å². The summed E-state index contributed by atoms with van der Waals surface area (Å²) in [4.78, 5) is 4.90. The Kier molecular flexibility index (Phi) is 10.7. The van der Waals surface area contributed by atoms with Gasteiger partial charge in [0.1, 0.15) is 5.82 Å². The number of rotatable bonds is 6.